The molecule has 0 radical (unpaired) electrons. The molecule has 1 aliphatic heterocycles. The molecule has 6 nitrogen and oxygen atoms in total. The molecule has 1 N–H and O–H groups in total. The highest BCUT2D eigenvalue weighted by atomic mass is 35.5. The summed E-state index contributed by atoms with van der Waals surface area (Å²) in [6.45, 7) is 5.48. The Morgan fingerprint density at radius 1 is 1.63 bits per heavy atom. The van der Waals surface area contributed by atoms with Crippen LogP contribution in [-0.2, 0) is 11.3 Å². The molecule has 2 rings (SSSR count). The average molecular weight is 287 g/mol. The van der Waals surface area contributed by atoms with Gasteiger partial charge in [0, 0.05) is 32.8 Å². The van der Waals surface area contributed by atoms with Crippen LogP contribution in [0.5, 0.6) is 0 Å². The summed E-state index contributed by atoms with van der Waals surface area (Å²) in [6.07, 6.45) is 1.66. The highest BCUT2D eigenvalue weighted by molar-refractivity contribution is 6.33. The van der Waals surface area contributed by atoms with Crippen molar-refractivity contribution < 1.29 is 4.74 Å². The third kappa shape index (κ3) is 3.26. The van der Waals surface area contributed by atoms with Crippen molar-refractivity contribution in [3.63, 3.8) is 0 Å². The summed E-state index contributed by atoms with van der Waals surface area (Å²) in [5, 5.41) is 7.74. The maximum atomic E-state index is 12.1. The van der Waals surface area contributed by atoms with Crippen molar-refractivity contribution in [3.8, 4) is 0 Å². The van der Waals surface area contributed by atoms with E-state index in [1.54, 1.807) is 13.3 Å². The Bertz CT molecular complexity index is 491. The predicted molar refractivity (Wildman–Crippen MR) is 75.1 cm³/mol. The molecule has 0 amide bonds. The van der Waals surface area contributed by atoms with Crippen LogP contribution in [0.2, 0.25) is 5.02 Å². The average Bonchev–Trinajstić information content (AvgIpc) is 2.40. The molecule has 0 aliphatic carbocycles. The second-order valence-electron chi connectivity index (χ2n) is 4.67. The van der Waals surface area contributed by atoms with Gasteiger partial charge >= 0.3 is 0 Å². The zero-order valence-corrected chi connectivity index (χ0v) is 12.0. The molecule has 0 aromatic carbocycles. The molecule has 106 valence electrons. The molecule has 1 atom stereocenters. The van der Waals surface area contributed by atoms with Crippen LogP contribution < -0.4 is 15.8 Å². The van der Waals surface area contributed by atoms with Gasteiger partial charge in [0.05, 0.1) is 25.0 Å². The Morgan fingerprint density at radius 2 is 2.42 bits per heavy atom. The Labute approximate surface area is 117 Å². The topological polar surface area (TPSA) is 59.4 Å². The maximum absolute atomic E-state index is 12.1. The quantitative estimate of drug-likeness (QED) is 0.865. The molecule has 1 saturated heterocycles. The van der Waals surface area contributed by atoms with Gasteiger partial charge < -0.3 is 15.0 Å². The predicted octanol–water partition coefficient (Wildman–Crippen LogP) is 0.341. The van der Waals surface area contributed by atoms with Crippen LogP contribution >= 0.6 is 11.6 Å². The SMILES string of the molecule is COCCn1ncc(N2CCNC(C)C2)c(Cl)c1=O. The summed E-state index contributed by atoms with van der Waals surface area (Å²) in [4.78, 5) is 14.2. The monoisotopic (exact) mass is 286 g/mol. The van der Waals surface area contributed by atoms with Crippen molar-refractivity contribution in [1.29, 1.82) is 0 Å². The summed E-state index contributed by atoms with van der Waals surface area (Å²) in [6, 6.07) is 0.376. The second kappa shape index (κ2) is 6.36. The maximum Gasteiger partial charge on any atom is 0.287 e. The minimum atomic E-state index is -0.262. The molecule has 7 heteroatoms. The fourth-order valence-corrected chi connectivity index (χ4v) is 2.43. The van der Waals surface area contributed by atoms with Gasteiger partial charge in [-0.15, -0.1) is 0 Å². The van der Waals surface area contributed by atoms with Crippen molar-refractivity contribution in [2.75, 3.05) is 38.3 Å². The van der Waals surface area contributed by atoms with Crippen molar-refractivity contribution in [2.24, 2.45) is 0 Å². The highest BCUT2D eigenvalue weighted by Crippen LogP contribution is 2.21. The number of nitrogens with zero attached hydrogens (tertiary/aromatic N) is 3. The number of aromatic nitrogens is 2. The Hall–Kier alpha value is -1.11. The summed E-state index contributed by atoms with van der Waals surface area (Å²) in [7, 11) is 1.59. The van der Waals surface area contributed by atoms with Gasteiger partial charge in [-0.05, 0) is 6.92 Å². The number of methoxy groups -OCH3 is 1. The second-order valence-corrected chi connectivity index (χ2v) is 5.04. The van der Waals surface area contributed by atoms with Gasteiger partial charge in [-0.2, -0.15) is 5.10 Å². The van der Waals surface area contributed by atoms with E-state index in [1.807, 2.05) is 0 Å². The lowest BCUT2D eigenvalue weighted by Crippen LogP contribution is -2.49. The Kier molecular flexibility index (Phi) is 4.79. The lowest BCUT2D eigenvalue weighted by Gasteiger charge is -2.33. The van der Waals surface area contributed by atoms with E-state index in [0.29, 0.717) is 24.9 Å². The molecule has 1 aromatic rings. The zero-order chi connectivity index (χ0) is 13.8. The fourth-order valence-electron chi connectivity index (χ4n) is 2.16. The minimum Gasteiger partial charge on any atom is -0.383 e. The van der Waals surface area contributed by atoms with Crippen molar-refractivity contribution in [3.05, 3.63) is 21.6 Å². The van der Waals surface area contributed by atoms with E-state index >= 15 is 0 Å². The Morgan fingerprint density at radius 3 is 3.11 bits per heavy atom. The van der Waals surface area contributed by atoms with Crippen LogP contribution in [0, 0.1) is 0 Å². The number of rotatable bonds is 4. The third-order valence-electron chi connectivity index (χ3n) is 3.18. The molecule has 1 fully saturated rings. The third-order valence-corrected chi connectivity index (χ3v) is 3.54. The summed E-state index contributed by atoms with van der Waals surface area (Å²) < 4.78 is 6.27. The van der Waals surface area contributed by atoms with Crippen LogP contribution in [0.25, 0.3) is 0 Å². The number of hydrogen-bond acceptors (Lipinski definition) is 5. The first-order valence-electron chi connectivity index (χ1n) is 6.36. The number of anilines is 1. The zero-order valence-electron chi connectivity index (χ0n) is 11.2. The number of nitrogens with one attached hydrogen (secondary N) is 1. The molecular weight excluding hydrogens is 268 g/mol. The molecule has 0 saturated carbocycles. The van der Waals surface area contributed by atoms with Crippen LogP contribution in [0.15, 0.2) is 11.0 Å². The summed E-state index contributed by atoms with van der Waals surface area (Å²) in [5.41, 5.74) is 0.455. The number of hydrogen-bond donors (Lipinski definition) is 1. The first-order chi connectivity index (χ1) is 9.13. The van der Waals surface area contributed by atoms with Crippen molar-refractivity contribution >= 4 is 17.3 Å². The van der Waals surface area contributed by atoms with E-state index in [-0.39, 0.29) is 10.6 Å². The first-order valence-corrected chi connectivity index (χ1v) is 6.74. The standard InChI is InChI=1S/C12H19ClN4O2/c1-9-8-16(4-3-14-9)10-7-15-17(5-6-19-2)12(18)11(10)13/h7,9,14H,3-6,8H2,1-2H3. The van der Waals surface area contributed by atoms with Crippen LogP contribution in [0.4, 0.5) is 5.69 Å². The number of halogens is 1. The Balaban J connectivity index is 2.22. The van der Waals surface area contributed by atoms with E-state index in [4.69, 9.17) is 16.3 Å². The summed E-state index contributed by atoms with van der Waals surface area (Å²) in [5.74, 6) is 0. The number of ether oxygens (including phenoxy) is 1. The molecular formula is C12H19ClN4O2. The van der Waals surface area contributed by atoms with E-state index in [2.05, 4.69) is 22.2 Å². The van der Waals surface area contributed by atoms with Gasteiger partial charge in [0.2, 0.25) is 0 Å². The minimum absolute atomic E-state index is 0.236. The van der Waals surface area contributed by atoms with E-state index < -0.39 is 0 Å². The normalized spacial score (nSPS) is 19.7. The molecule has 0 bridgehead atoms. The van der Waals surface area contributed by atoms with Crippen LogP contribution in [0.1, 0.15) is 6.92 Å². The molecule has 2 heterocycles. The van der Waals surface area contributed by atoms with E-state index in [1.165, 1.54) is 4.68 Å². The van der Waals surface area contributed by atoms with Gasteiger partial charge in [-0.3, -0.25) is 4.79 Å². The van der Waals surface area contributed by atoms with Gasteiger partial charge in [-0.25, -0.2) is 4.68 Å². The van der Waals surface area contributed by atoms with Gasteiger partial charge in [0.25, 0.3) is 5.56 Å². The smallest absolute Gasteiger partial charge is 0.287 e. The number of piperazine rings is 1. The highest BCUT2D eigenvalue weighted by Gasteiger charge is 2.20. The van der Waals surface area contributed by atoms with Crippen molar-refractivity contribution in [2.45, 2.75) is 19.5 Å². The molecule has 19 heavy (non-hydrogen) atoms. The lowest BCUT2D eigenvalue weighted by molar-refractivity contribution is 0.182. The van der Waals surface area contributed by atoms with Crippen LogP contribution in [0.3, 0.4) is 0 Å². The molecule has 1 aliphatic rings. The molecule has 0 spiro atoms. The molecule has 1 aromatic heterocycles. The largest absolute Gasteiger partial charge is 0.383 e. The van der Waals surface area contributed by atoms with Crippen LogP contribution in [-0.4, -0.2) is 49.2 Å². The van der Waals surface area contributed by atoms with E-state index in [0.717, 1.165) is 19.6 Å². The van der Waals surface area contributed by atoms with E-state index in [9.17, 15) is 4.79 Å². The molecule has 1 unspecified atom stereocenters. The van der Waals surface area contributed by atoms with Gasteiger partial charge in [-0.1, -0.05) is 11.6 Å². The first kappa shape index (κ1) is 14.3. The van der Waals surface area contributed by atoms with Gasteiger partial charge in [0.15, 0.2) is 0 Å². The summed E-state index contributed by atoms with van der Waals surface area (Å²) >= 11 is 6.18. The van der Waals surface area contributed by atoms with Crippen molar-refractivity contribution in [1.82, 2.24) is 15.1 Å². The fraction of sp³-hybridized carbons (Fsp3) is 0.667. The lowest BCUT2D eigenvalue weighted by atomic mass is 10.2. The van der Waals surface area contributed by atoms with Gasteiger partial charge in [0.1, 0.15) is 5.02 Å².